The summed E-state index contributed by atoms with van der Waals surface area (Å²) in [5.74, 6) is -1.09. The van der Waals surface area contributed by atoms with E-state index >= 15 is 0 Å². The Labute approximate surface area is 108 Å². The molecule has 8 nitrogen and oxygen atoms in total. The quantitative estimate of drug-likeness (QED) is 0.514. The number of ether oxygens (including phenoxy) is 3. The van der Waals surface area contributed by atoms with Crippen molar-refractivity contribution in [2.24, 2.45) is 5.92 Å². The van der Waals surface area contributed by atoms with E-state index in [-0.39, 0.29) is 31.7 Å². The maximum Gasteiger partial charge on any atom is 0.534 e. The maximum atomic E-state index is 11.5. The van der Waals surface area contributed by atoms with E-state index in [4.69, 9.17) is 14.2 Å². The normalized spacial score (nSPS) is 33.7. The Hall–Kier alpha value is -1.67. The largest absolute Gasteiger partial charge is 0.534 e. The van der Waals surface area contributed by atoms with Crippen molar-refractivity contribution in [3.05, 3.63) is 0 Å². The molecule has 3 rings (SSSR count). The number of hydrogen-bond donors (Lipinski definition) is 0. The summed E-state index contributed by atoms with van der Waals surface area (Å²) in [5, 5.41) is 0.459. The third kappa shape index (κ3) is 2.28. The summed E-state index contributed by atoms with van der Waals surface area (Å²) < 4.78 is 15.7. The van der Waals surface area contributed by atoms with Crippen LogP contribution < -0.4 is 0 Å². The molecule has 0 saturated carbocycles. The van der Waals surface area contributed by atoms with Gasteiger partial charge in [-0.2, -0.15) is 0 Å². The molecule has 3 heterocycles. The van der Waals surface area contributed by atoms with Crippen molar-refractivity contribution >= 4 is 18.0 Å². The van der Waals surface area contributed by atoms with E-state index in [1.165, 1.54) is 0 Å². The number of rotatable bonds is 2. The van der Waals surface area contributed by atoms with E-state index in [0.29, 0.717) is 11.7 Å². The van der Waals surface area contributed by atoms with E-state index in [2.05, 4.69) is 4.84 Å². The number of nitrogens with zero attached hydrogens (tertiary/aromatic N) is 1. The van der Waals surface area contributed by atoms with Crippen LogP contribution in [0.5, 0.6) is 0 Å². The number of imide groups is 1. The third-order valence-electron chi connectivity index (χ3n) is 3.40. The van der Waals surface area contributed by atoms with Crippen molar-refractivity contribution in [3.63, 3.8) is 0 Å². The second-order valence-electron chi connectivity index (χ2n) is 4.60. The molecule has 8 heteroatoms. The minimum atomic E-state index is -1.07. The van der Waals surface area contributed by atoms with Gasteiger partial charge in [0.05, 0.1) is 19.1 Å². The van der Waals surface area contributed by atoms with Crippen LogP contribution in [0.4, 0.5) is 4.79 Å². The molecule has 0 aromatic carbocycles. The fraction of sp³-hybridized carbons (Fsp3) is 0.727. The van der Waals surface area contributed by atoms with Gasteiger partial charge < -0.3 is 14.2 Å². The summed E-state index contributed by atoms with van der Waals surface area (Å²) in [5.41, 5.74) is 0. The van der Waals surface area contributed by atoms with Gasteiger partial charge in [-0.05, 0) is 6.42 Å². The minimum Gasteiger partial charge on any atom is -0.426 e. The molecule has 0 radical (unpaired) electrons. The second-order valence-corrected chi connectivity index (χ2v) is 4.60. The molecule has 3 saturated heterocycles. The van der Waals surface area contributed by atoms with Crippen LogP contribution >= 0.6 is 0 Å². The monoisotopic (exact) mass is 271 g/mol. The predicted octanol–water partition coefficient (Wildman–Crippen LogP) is -0.0350. The Morgan fingerprint density at radius 2 is 1.95 bits per heavy atom. The van der Waals surface area contributed by atoms with Gasteiger partial charge in [-0.25, -0.2) is 4.79 Å². The Morgan fingerprint density at radius 3 is 2.68 bits per heavy atom. The molecule has 3 aliphatic rings. The zero-order valence-electron chi connectivity index (χ0n) is 10.1. The first kappa shape index (κ1) is 12.4. The Morgan fingerprint density at radius 1 is 1.21 bits per heavy atom. The molecule has 19 heavy (non-hydrogen) atoms. The van der Waals surface area contributed by atoms with Crippen LogP contribution in [0.3, 0.4) is 0 Å². The summed E-state index contributed by atoms with van der Waals surface area (Å²) in [4.78, 5) is 38.7. The number of hydrogen-bond acceptors (Lipinski definition) is 7. The van der Waals surface area contributed by atoms with E-state index in [1.54, 1.807) is 0 Å². The van der Waals surface area contributed by atoms with Crippen molar-refractivity contribution < 1.29 is 33.4 Å². The van der Waals surface area contributed by atoms with E-state index in [9.17, 15) is 14.4 Å². The highest BCUT2D eigenvalue weighted by atomic mass is 16.8. The molecular weight excluding hydrogens is 258 g/mol. The topological polar surface area (TPSA) is 91.4 Å². The zero-order chi connectivity index (χ0) is 13.4. The summed E-state index contributed by atoms with van der Waals surface area (Å²) in [6, 6.07) is 0. The van der Waals surface area contributed by atoms with E-state index < -0.39 is 24.1 Å². The molecule has 0 aliphatic carbocycles. The van der Waals surface area contributed by atoms with Crippen molar-refractivity contribution in [1.29, 1.82) is 0 Å². The molecule has 0 aromatic rings. The minimum absolute atomic E-state index is 0.0162. The van der Waals surface area contributed by atoms with Crippen LogP contribution in [-0.2, 0) is 28.6 Å². The first-order valence-electron chi connectivity index (χ1n) is 6.13. The lowest BCUT2D eigenvalue weighted by atomic mass is 10.0. The van der Waals surface area contributed by atoms with Gasteiger partial charge in [0.15, 0.2) is 6.29 Å². The van der Waals surface area contributed by atoms with Gasteiger partial charge in [0.2, 0.25) is 0 Å². The first-order chi connectivity index (χ1) is 9.15. The molecule has 3 atom stereocenters. The molecule has 0 unspecified atom stereocenters. The van der Waals surface area contributed by atoms with Gasteiger partial charge in [0.1, 0.15) is 6.10 Å². The predicted molar refractivity (Wildman–Crippen MR) is 56.2 cm³/mol. The first-order valence-corrected chi connectivity index (χ1v) is 6.13. The summed E-state index contributed by atoms with van der Waals surface area (Å²) >= 11 is 0. The average molecular weight is 271 g/mol. The van der Waals surface area contributed by atoms with Crippen molar-refractivity contribution in [2.75, 3.05) is 13.2 Å². The zero-order valence-corrected chi connectivity index (χ0v) is 10.1. The van der Waals surface area contributed by atoms with Gasteiger partial charge in [-0.3, -0.25) is 14.4 Å². The molecule has 3 fully saturated rings. The van der Waals surface area contributed by atoms with Crippen LogP contribution in [0.2, 0.25) is 0 Å². The Bertz CT molecular complexity index is 407. The lowest BCUT2D eigenvalue weighted by molar-refractivity contribution is -0.179. The number of hydroxylamine groups is 2. The van der Waals surface area contributed by atoms with Gasteiger partial charge >= 0.3 is 6.16 Å². The van der Waals surface area contributed by atoms with Crippen LogP contribution in [-0.4, -0.2) is 48.6 Å². The summed E-state index contributed by atoms with van der Waals surface area (Å²) in [7, 11) is 0. The molecule has 0 bridgehead atoms. The van der Waals surface area contributed by atoms with Crippen molar-refractivity contribution in [3.8, 4) is 0 Å². The van der Waals surface area contributed by atoms with Gasteiger partial charge in [0.25, 0.3) is 11.8 Å². The second kappa shape index (κ2) is 4.78. The molecular formula is C11H13NO7. The van der Waals surface area contributed by atoms with Gasteiger partial charge in [-0.15, -0.1) is 0 Å². The van der Waals surface area contributed by atoms with Crippen molar-refractivity contribution in [1.82, 2.24) is 5.06 Å². The lowest BCUT2D eigenvalue weighted by Crippen LogP contribution is -2.35. The smallest absolute Gasteiger partial charge is 0.426 e. The fourth-order valence-electron chi connectivity index (χ4n) is 2.43. The molecule has 0 aromatic heterocycles. The van der Waals surface area contributed by atoms with E-state index in [0.717, 1.165) is 6.42 Å². The highest BCUT2D eigenvalue weighted by molar-refractivity contribution is 6.01. The number of amides is 2. The highest BCUT2D eigenvalue weighted by Crippen LogP contribution is 2.33. The van der Waals surface area contributed by atoms with E-state index in [1.807, 2.05) is 0 Å². The summed E-state index contributed by atoms with van der Waals surface area (Å²) in [6.45, 7) is 0.791. The average Bonchev–Trinajstić information content (AvgIpc) is 3.03. The maximum absolute atomic E-state index is 11.5. The van der Waals surface area contributed by atoms with Crippen LogP contribution in [0.1, 0.15) is 19.3 Å². The Balaban J connectivity index is 1.54. The fourth-order valence-corrected chi connectivity index (χ4v) is 2.43. The number of carbonyl (C=O) groups excluding carboxylic acids is 3. The molecule has 2 amide bonds. The van der Waals surface area contributed by atoms with Gasteiger partial charge in [-0.1, -0.05) is 5.06 Å². The van der Waals surface area contributed by atoms with Crippen molar-refractivity contribution in [2.45, 2.75) is 31.7 Å². The standard InChI is InChI=1S/C11H13NO7/c13-8-1-2-9(14)12(8)19-11(15)18-7-5-17-10-6(7)3-4-16-10/h6-7,10H,1-5H2/t6-,7+,10+/m0/s1. The molecule has 3 aliphatic heterocycles. The highest BCUT2D eigenvalue weighted by Gasteiger charge is 2.44. The molecule has 104 valence electrons. The SMILES string of the molecule is O=C(O[C@@H]1CO[C@H]2OCC[C@H]21)ON1C(=O)CCC1=O. The van der Waals surface area contributed by atoms with Gasteiger partial charge in [0, 0.05) is 12.8 Å². The Kier molecular flexibility index (Phi) is 3.11. The lowest BCUT2D eigenvalue weighted by Gasteiger charge is -2.17. The summed E-state index contributed by atoms with van der Waals surface area (Å²) in [6.07, 6.45) is -1.02. The third-order valence-corrected chi connectivity index (χ3v) is 3.40. The van der Waals surface area contributed by atoms with Crippen LogP contribution in [0.25, 0.3) is 0 Å². The number of carbonyl (C=O) groups is 3. The molecule has 0 N–H and O–H groups in total. The number of fused-ring (bicyclic) bond motifs is 1. The molecule has 0 spiro atoms. The van der Waals surface area contributed by atoms with Crippen LogP contribution in [0.15, 0.2) is 0 Å². The van der Waals surface area contributed by atoms with Crippen LogP contribution in [0, 0.1) is 5.92 Å².